The number of sulfonamides is 1. The SMILES string of the molecule is CC[C@H](C(=O)NC1CCCCC1)N(Cc1ccc(OC)cc1)C(=O)CN(c1ccc([N+](=O)[O-])cc1)S(=O)(=O)c1ccccc1. The van der Waals surface area contributed by atoms with Crippen molar-refractivity contribution < 1.29 is 27.7 Å². The molecule has 3 aromatic rings. The molecule has 11 nitrogen and oxygen atoms in total. The van der Waals surface area contributed by atoms with Crippen LogP contribution in [0.25, 0.3) is 0 Å². The van der Waals surface area contributed by atoms with Crippen molar-refractivity contribution in [2.45, 2.75) is 69.0 Å². The van der Waals surface area contributed by atoms with Crippen LogP contribution >= 0.6 is 0 Å². The zero-order valence-electron chi connectivity index (χ0n) is 24.9. The Kier molecular flexibility index (Phi) is 10.9. The number of nitro groups is 1. The van der Waals surface area contributed by atoms with Gasteiger partial charge >= 0.3 is 0 Å². The number of amides is 2. The Morgan fingerprint density at radius 2 is 1.61 bits per heavy atom. The maximum Gasteiger partial charge on any atom is 0.269 e. The normalized spacial score (nSPS) is 14.3. The van der Waals surface area contributed by atoms with Gasteiger partial charge in [0.1, 0.15) is 18.3 Å². The number of nitro benzene ring substituents is 1. The van der Waals surface area contributed by atoms with Gasteiger partial charge in [-0.3, -0.25) is 24.0 Å². The summed E-state index contributed by atoms with van der Waals surface area (Å²) < 4.78 is 34.0. The summed E-state index contributed by atoms with van der Waals surface area (Å²) in [7, 11) is -2.73. The fraction of sp³-hybridized carbons (Fsp3) is 0.375. The van der Waals surface area contributed by atoms with Crippen LogP contribution in [0.4, 0.5) is 11.4 Å². The van der Waals surface area contributed by atoms with Crippen LogP contribution in [0.1, 0.15) is 51.0 Å². The molecule has 4 rings (SSSR count). The highest BCUT2D eigenvalue weighted by Crippen LogP contribution is 2.27. The lowest BCUT2D eigenvalue weighted by Gasteiger charge is -2.34. The summed E-state index contributed by atoms with van der Waals surface area (Å²) in [4.78, 5) is 39.9. The van der Waals surface area contributed by atoms with Gasteiger partial charge in [-0.25, -0.2) is 8.42 Å². The Morgan fingerprint density at radius 3 is 2.18 bits per heavy atom. The van der Waals surface area contributed by atoms with Gasteiger partial charge in [0.15, 0.2) is 0 Å². The lowest BCUT2D eigenvalue weighted by Crippen LogP contribution is -2.54. The van der Waals surface area contributed by atoms with Crippen molar-refractivity contribution in [1.29, 1.82) is 0 Å². The first-order valence-corrected chi connectivity index (χ1v) is 16.1. The first-order chi connectivity index (χ1) is 21.1. The highest BCUT2D eigenvalue weighted by molar-refractivity contribution is 7.92. The average molecular weight is 623 g/mol. The molecule has 234 valence electrons. The molecule has 1 saturated carbocycles. The number of methoxy groups -OCH3 is 1. The van der Waals surface area contributed by atoms with Gasteiger partial charge in [-0.1, -0.05) is 56.5 Å². The van der Waals surface area contributed by atoms with E-state index in [1.165, 1.54) is 41.3 Å². The number of ether oxygens (including phenoxy) is 1. The number of non-ortho nitro benzene ring substituents is 1. The predicted octanol–water partition coefficient (Wildman–Crippen LogP) is 5.06. The monoisotopic (exact) mass is 622 g/mol. The maximum absolute atomic E-state index is 14.2. The maximum atomic E-state index is 14.2. The predicted molar refractivity (Wildman–Crippen MR) is 167 cm³/mol. The molecule has 0 radical (unpaired) electrons. The summed E-state index contributed by atoms with van der Waals surface area (Å²) in [6.07, 6.45) is 5.23. The molecule has 0 heterocycles. The van der Waals surface area contributed by atoms with E-state index in [-0.39, 0.29) is 34.8 Å². The van der Waals surface area contributed by atoms with E-state index in [4.69, 9.17) is 4.74 Å². The number of nitrogens with one attached hydrogen (secondary N) is 1. The van der Waals surface area contributed by atoms with Crippen molar-refractivity contribution in [3.63, 3.8) is 0 Å². The summed E-state index contributed by atoms with van der Waals surface area (Å²) in [6, 6.07) is 18.9. The van der Waals surface area contributed by atoms with Crippen LogP contribution < -0.4 is 14.4 Å². The van der Waals surface area contributed by atoms with E-state index in [2.05, 4.69) is 5.32 Å². The molecule has 44 heavy (non-hydrogen) atoms. The standard InChI is InChI=1S/C32H38N4O7S/c1-3-30(32(38)33-25-10-6-4-7-11-25)34(22-24-14-20-28(43-2)21-15-24)31(37)23-35(26-16-18-27(19-17-26)36(39)40)44(41,42)29-12-8-5-9-13-29/h5,8-9,12-21,25,30H,3-4,6-7,10-11,22-23H2,1-2H3,(H,33,38)/t30-/m1/s1. The fourth-order valence-corrected chi connectivity index (χ4v) is 6.82. The first kappa shape index (κ1) is 32.5. The van der Waals surface area contributed by atoms with Crippen molar-refractivity contribution in [1.82, 2.24) is 10.2 Å². The molecule has 1 atom stereocenters. The van der Waals surface area contributed by atoms with E-state index >= 15 is 0 Å². The Morgan fingerprint density at radius 1 is 0.977 bits per heavy atom. The second-order valence-electron chi connectivity index (χ2n) is 10.7. The van der Waals surface area contributed by atoms with E-state index < -0.39 is 33.4 Å². The summed E-state index contributed by atoms with van der Waals surface area (Å²) >= 11 is 0. The first-order valence-electron chi connectivity index (χ1n) is 14.7. The van der Waals surface area contributed by atoms with Gasteiger partial charge in [-0.15, -0.1) is 0 Å². The zero-order valence-corrected chi connectivity index (χ0v) is 25.7. The lowest BCUT2D eigenvalue weighted by molar-refractivity contribution is -0.384. The van der Waals surface area contributed by atoms with E-state index in [0.717, 1.165) is 42.0 Å². The number of rotatable bonds is 13. The van der Waals surface area contributed by atoms with Crippen molar-refractivity contribution in [3.8, 4) is 5.75 Å². The van der Waals surface area contributed by atoms with Gasteiger partial charge in [0, 0.05) is 24.7 Å². The number of nitrogens with zero attached hydrogens (tertiary/aromatic N) is 3. The number of hydrogen-bond donors (Lipinski definition) is 1. The molecule has 1 N–H and O–H groups in total. The highest BCUT2D eigenvalue weighted by atomic mass is 32.2. The van der Waals surface area contributed by atoms with E-state index in [9.17, 15) is 28.1 Å². The van der Waals surface area contributed by atoms with Crippen molar-refractivity contribution in [2.75, 3.05) is 18.0 Å². The second kappa shape index (κ2) is 14.8. The van der Waals surface area contributed by atoms with E-state index in [1.807, 2.05) is 6.92 Å². The Bertz CT molecular complexity index is 1530. The molecule has 1 fully saturated rings. The van der Waals surface area contributed by atoms with Gasteiger partial charge in [-0.05, 0) is 61.2 Å². The lowest BCUT2D eigenvalue weighted by atomic mass is 9.95. The van der Waals surface area contributed by atoms with Crippen molar-refractivity contribution in [2.24, 2.45) is 0 Å². The van der Waals surface area contributed by atoms with Crippen LogP contribution in [-0.4, -0.2) is 55.8 Å². The zero-order chi connectivity index (χ0) is 31.7. The number of benzene rings is 3. The molecule has 3 aromatic carbocycles. The molecule has 1 aliphatic carbocycles. The van der Waals surface area contributed by atoms with Gasteiger partial charge in [0.2, 0.25) is 11.8 Å². The molecule has 0 saturated heterocycles. The van der Waals surface area contributed by atoms with Crippen molar-refractivity contribution >= 4 is 33.2 Å². The summed E-state index contributed by atoms with van der Waals surface area (Å²) in [6.45, 7) is 1.24. The molecule has 0 bridgehead atoms. The summed E-state index contributed by atoms with van der Waals surface area (Å²) in [5, 5.41) is 14.4. The Labute approximate surface area is 258 Å². The fourth-order valence-electron chi connectivity index (χ4n) is 5.38. The quantitative estimate of drug-likeness (QED) is 0.208. The van der Waals surface area contributed by atoms with Crippen LogP contribution in [0, 0.1) is 10.1 Å². The molecular formula is C32H38N4O7S. The Balaban J connectivity index is 1.71. The van der Waals surface area contributed by atoms with Crippen molar-refractivity contribution in [3.05, 3.63) is 94.5 Å². The van der Waals surface area contributed by atoms with Crippen LogP contribution in [0.2, 0.25) is 0 Å². The smallest absolute Gasteiger partial charge is 0.269 e. The van der Waals surface area contributed by atoms with E-state index in [1.54, 1.807) is 49.6 Å². The molecule has 1 aliphatic rings. The summed E-state index contributed by atoms with van der Waals surface area (Å²) in [5.74, 6) is -0.245. The third-order valence-corrected chi connectivity index (χ3v) is 9.60. The molecule has 2 amide bonds. The third-order valence-electron chi connectivity index (χ3n) is 7.81. The molecule has 0 unspecified atom stereocenters. The van der Waals surface area contributed by atoms with E-state index in [0.29, 0.717) is 12.2 Å². The van der Waals surface area contributed by atoms with Crippen LogP contribution in [-0.2, 0) is 26.2 Å². The minimum atomic E-state index is -4.27. The minimum absolute atomic E-state index is 0.0262. The van der Waals surface area contributed by atoms with Gasteiger partial charge in [0.25, 0.3) is 15.7 Å². The van der Waals surface area contributed by atoms with Crippen LogP contribution in [0.15, 0.2) is 83.8 Å². The summed E-state index contributed by atoms with van der Waals surface area (Å²) in [5.41, 5.74) is 0.594. The largest absolute Gasteiger partial charge is 0.497 e. The van der Waals surface area contributed by atoms with Crippen LogP contribution in [0.5, 0.6) is 5.75 Å². The number of hydrogen-bond acceptors (Lipinski definition) is 7. The number of anilines is 1. The van der Waals surface area contributed by atoms with Gasteiger partial charge in [-0.2, -0.15) is 0 Å². The molecular weight excluding hydrogens is 584 g/mol. The average Bonchev–Trinajstić information content (AvgIpc) is 3.04. The molecule has 0 aliphatic heterocycles. The molecule has 0 aromatic heterocycles. The minimum Gasteiger partial charge on any atom is -0.497 e. The Hall–Kier alpha value is -4.45. The third kappa shape index (κ3) is 7.93. The van der Waals surface area contributed by atoms with Gasteiger partial charge < -0.3 is 15.0 Å². The second-order valence-corrected chi connectivity index (χ2v) is 12.6. The molecule has 12 heteroatoms. The van der Waals surface area contributed by atoms with Gasteiger partial charge in [0.05, 0.1) is 22.6 Å². The highest BCUT2D eigenvalue weighted by Gasteiger charge is 2.34. The number of carbonyl (C=O) groups excluding carboxylic acids is 2. The van der Waals surface area contributed by atoms with Crippen LogP contribution in [0.3, 0.4) is 0 Å². The molecule has 0 spiro atoms. The number of carbonyl (C=O) groups is 2. The topological polar surface area (TPSA) is 139 Å².